The lowest BCUT2D eigenvalue weighted by molar-refractivity contribution is 0.366. The quantitative estimate of drug-likeness (QED) is 0.683. The number of hydrogen-bond donors (Lipinski definition) is 1. The summed E-state index contributed by atoms with van der Waals surface area (Å²) in [4.78, 5) is 0. The molecule has 1 heterocycles. The Kier molecular flexibility index (Phi) is 3.73. The first-order chi connectivity index (χ1) is 5.83. The average Bonchev–Trinajstić information content (AvgIpc) is 2.45. The summed E-state index contributed by atoms with van der Waals surface area (Å²) in [7, 11) is 0. The molecule has 0 bridgehead atoms. The molecule has 0 atom stereocenters. The lowest BCUT2D eigenvalue weighted by atomic mass is 10.4. The lowest BCUT2D eigenvalue weighted by Crippen LogP contribution is -2.14. The van der Waals surface area contributed by atoms with Gasteiger partial charge in [-0.3, -0.25) is 4.39 Å². The molecule has 0 aliphatic heterocycles. The van der Waals surface area contributed by atoms with Gasteiger partial charge >= 0.3 is 0 Å². The Morgan fingerprint density at radius 1 is 1.67 bits per heavy atom. The van der Waals surface area contributed by atoms with Crippen molar-refractivity contribution in [2.75, 3.05) is 13.2 Å². The minimum atomic E-state index is -0.275. The van der Waals surface area contributed by atoms with Crippen LogP contribution < -0.4 is 5.32 Å². The van der Waals surface area contributed by atoms with Crippen molar-refractivity contribution in [1.82, 2.24) is 10.5 Å². The van der Waals surface area contributed by atoms with E-state index in [4.69, 9.17) is 4.52 Å². The van der Waals surface area contributed by atoms with Crippen LogP contribution in [0.5, 0.6) is 0 Å². The first kappa shape index (κ1) is 9.19. The van der Waals surface area contributed by atoms with E-state index in [9.17, 15) is 4.39 Å². The average molecular weight is 172 g/mol. The molecule has 0 aromatic carbocycles. The predicted octanol–water partition coefficient (Wildman–Crippen LogP) is 1.43. The molecule has 68 valence electrons. The van der Waals surface area contributed by atoms with Gasteiger partial charge in [0, 0.05) is 6.07 Å². The lowest BCUT2D eigenvalue weighted by Gasteiger charge is -1.97. The monoisotopic (exact) mass is 172 g/mol. The topological polar surface area (TPSA) is 38.1 Å². The number of aromatic nitrogens is 1. The second kappa shape index (κ2) is 4.87. The molecular formula is C8H13FN2O. The maximum Gasteiger partial charge on any atom is 0.150 e. The second-order valence-electron chi connectivity index (χ2n) is 2.65. The van der Waals surface area contributed by atoms with Gasteiger partial charge in [-0.2, -0.15) is 0 Å². The van der Waals surface area contributed by atoms with E-state index in [0.29, 0.717) is 19.5 Å². The Morgan fingerprint density at radius 3 is 3.08 bits per heavy atom. The van der Waals surface area contributed by atoms with Crippen LogP contribution >= 0.6 is 0 Å². The van der Waals surface area contributed by atoms with Gasteiger partial charge in [-0.15, -0.1) is 0 Å². The van der Waals surface area contributed by atoms with Gasteiger partial charge in [0.25, 0.3) is 0 Å². The molecule has 0 saturated carbocycles. The van der Waals surface area contributed by atoms with E-state index in [-0.39, 0.29) is 6.67 Å². The van der Waals surface area contributed by atoms with Crippen LogP contribution in [0.3, 0.4) is 0 Å². The number of rotatable bonds is 5. The van der Waals surface area contributed by atoms with Gasteiger partial charge in [0.1, 0.15) is 0 Å². The summed E-state index contributed by atoms with van der Waals surface area (Å²) in [5, 5.41) is 6.77. The number of alkyl halides is 1. The van der Waals surface area contributed by atoms with Crippen LogP contribution in [0.15, 0.2) is 10.6 Å². The molecule has 1 N–H and O–H groups in total. The van der Waals surface area contributed by atoms with Crippen molar-refractivity contribution >= 4 is 0 Å². The Morgan fingerprint density at radius 2 is 2.50 bits per heavy atom. The summed E-state index contributed by atoms with van der Waals surface area (Å²) in [5.41, 5.74) is 0.872. The number of halogens is 1. The van der Waals surface area contributed by atoms with E-state index in [1.165, 1.54) is 0 Å². The standard InChI is InChI=1S/C8H13FN2O/c1-7-5-8(12-11-7)6-10-4-2-3-9/h5,10H,2-4,6H2,1H3. The highest BCUT2D eigenvalue weighted by molar-refractivity contribution is 5.02. The van der Waals surface area contributed by atoms with Crippen LogP contribution in [-0.4, -0.2) is 18.4 Å². The fourth-order valence-corrected chi connectivity index (χ4v) is 0.903. The zero-order chi connectivity index (χ0) is 8.81. The summed E-state index contributed by atoms with van der Waals surface area (Å²) >= 11 is 0. The first-order valence-corrected chi connectivity index (χ1v) is 4.02. The van der Waals surface area contributed by atoms with Gasteiger partial charge in [0.05, 0.1) is 18.9 Å². The van der Waals surface area contributed by atoms with E-state index in [1.807, 2.05) is 13.0 Å². The molecule has 3 nitrogen and oxygen atoms in total. The van der Waals surface area contributed by atoms with E-state index in [0.717, 1.165) is 11.5 Å². The van der Waals surface area contributed by atoms with Crippen LogP contribution in [-0.2, 0) is 6.54 Å². The fraction of sp³-hybridized carbons (Fsp3) is 0.625. The molecule has 0 saturated heterocycles. The Balaban J connectivity index is 2.15. The van der Waals surface area contributed by atoms with Gasteiger partial charge < -0.3 is 9.84 Å². The molecule has 1 aromatic heterocycles. The summed E-state index contributed by atoms with van der Waals surface area (Å²) in [6.07, 6.45) is 0.549. The molecule has 4 heteroatoms. The van der Waals surface area contributed by atoms with Crippen LogP contribution in [0.25, 0.3) is 0 Å². The molecule has 0 aliphatic rings. The van der Waals surface area contributed by atoms with Crippen LogP contribution in [0.1, 0.15) is 17.9 Å². The Labute approximate surface area is 70.9 Å². The van der Waals surface area contributed by atoms with E-state index in [1.54, 1.807) is 0 Å². The molecule has 0 radical (unpaired) electrons. The maximum absolute atomic E-state index is 11.6. The van der Waals surface area contributed by atoms with Gasteiger partial charge in [-0.05, 0) is 19.9 Å². The molecule has 12 heavy (non-hydrogen) atoms. The molecule has 0 aliphatic carbocycles. The van der Waals surface area contributed by atoms with Gasteiger partial charge in [0.2, 0.25) is 0 Å². The maximum atomic E-state index is 11.6. The van der Waals surface area contributed by atoms with Gasteiger partial charge in [-0.25, -0.2) is 0 Å². The van der Waals surface area contributed by atoms with Crippen molar-refractivity contribution < 1.29 is 8.91 Å². The molecule has 1 aromatic rings. The highest BCUT2D eigenvalue weighted by atomic mass is 19.1. The van der Waals surface area contributed by atoms with E-state index < -0.39 is 0 Å². The van der Waals surface area contributed by atoms with Crippen molar-refractivity contribution in [3.63, 3.8) is 0 Å². The van der Waals surface area contributed by atoms with Crippen molar-refractivity contribution in [3.05, 3.63) is 17.5 Å². The number of nitrogens with zero attached hydrogens (tertiary/aromatic N) is 1. The first-order valence-electron chi connectivity index (χ1n) is 4.02. The highest BCUT2D eigenvalue weighted by Crippen LogP contribution is 2.00. The Bertz CT molecular complexity index is 225. The highest BCUT2D eigenvalue weighted by Gasteiger charge is 1.98. The Hall–Kier alpha value is -0.900. The predicted molar refractivity (Wildman–Crippen MR) is 43.5 cm³/mol. The molecule has 0 fully saturated rings. The number of hydrogen-bond acceptors (Lipinski definition) is 3. The SMILES string of the molecule is Cc1cc(CNCCCF)on1. The van der Waals surface area contributed by atoms with Gasteiger partial charge in [0.15, 0.2) is 5.76 Å². The molecule has 0 unspecified atom stereocenters. The zero-order valence-electron chi connectivity index (χ0n) is 7.14. The number of nitrogens with one attached hydrogen (secondary N) is 1. The second-order valence-corrected chi connectivity index (χ2v) is 2.65. The molecular weight excluding hydrogens is 159 g/mol. The number of aryl methyl sites for hydroxylation is 1. The minimum Gasteiger partial charge on any atom is -0.360 e. The van der Waals surface area contributed by atoms with Crippen molar-refractivity contribution in [2.24, 2.45) is 0 Å². The van der Waals surface area contributed by atoms with Crippen LogP contribution in [0, 0.1) is 6.92 Å². The van der Waals surface area contributed by atoms with E-state index >= 15 is 0 Å². The third-order valence-corrected chi connectivity index (χ3v) is 1.46. The summed E-state index contributed by atoms with van der Waals surface area (Å²) in [5.74, 6) is 0.798. The normalized spacial score (nSPS) is 10.5. The minimum absolute atomic E-state index is 0.275. The fourth-order valence-electron chi connectivity index (χ4n) is 0.903. The van der Waals surface area contributed by atoms with Crippen molar-refractivity contribution in [1.29, 1.82) is 0 Å². The molecule has 1 rings (SSSR count). The largest absolute Gasteiger partial charge is 0.360 e. The van der Waals surface area contributed by atoms with Gasteiger partial charge in [-0.1, -0.05) is 5.16 Å². The summed E-state index contributed by atoms with van der Waals surface area (Å²) in [6, 6.07) is 1.86. The van der Waals surface area contributed by atoms with Crippen LogP contribution in [0.2, 0.25) is 0 Å². The zero-order valence-corrected chi connectivity index (χ0v) is 7.14. The van der Waals surface area contributed by atoms with Crippen molar-refractivity contribution in [2.45, 2.75) is 19.9 Å². The summed E-state index contributed by atoms with van der Waals surface area (Å²) < 4.78 is 16.6. The molecule has 0 spiro atoms. The van der Waals surface area contributed by atoms with Crippen molar-refractivity contribution in [3.8, 4) is 0 Å². The molecule has 0 amide bonds. The summed E-state index contributed by atoms with van der Waals surface area (Å²) in [6.45, 7) is 2.90. The smallest absolute Gasteiger partial charge is 0.150 e. The third kappa shape index (κ3) is 3.00. The third-order valence-electron chi connectivity index (χ3n) is 1.46. The van der Waals surface area contributed by atoms with E-state index in [2.05, 4.69) is 10.5 Å². The van der Waals surface area contributed by atoms with Crippen LogP contribution in [0.4, 0.5) is 4.39 Å².